The van der Waals surface area contributed by atoms with Gasteiger partial charge in [0.05, 0.1) is 19.6 Å². The van der Waals surface area contributed by atoms with E-state index in [2.05, 4.69) is 20.8 Å². The second-order valence-electron chi connectivity index (χ2n) is 1.81. The first kappa shape index (κ1) is 22.5. The molecule has 0 fully saturated rings. The van der Waals surface area contributed by atoms with Crippen LogP contribution in [0.3, 0.4) is 0 Å². The van der Waals surface area contributed by atoms with Gasteiger partial charge in [0.15, 0.2) is 0 Å². The molecule has 0 unspecified atom stereocenters. The van der Waals surface area contributed by atoms with E-state index in [0.717, 1.165) is 0 Å². The molecule has 0 amide bonds. The molecule has 1 nitrogen and oxygen atoms in total. The van der Waals surface area contributed by atoms with E-state index in [1.165, 1.54) is 19.6 Å². The van der Waals surface area contributed by atoms with Crippen molar-refractivity contribution in [1.82, 2.24) is 0 Å². The Morgan fingerprint density at radius 1 is 0.800 bits per heavy atom. The smallest absolute Gasteiger partial charge is 0.0742 e. The minimum absolute atomic E-state index is 0. The van der Waals surface area contributed by atoms with E-state index in [9.17, 15) is 0 Å². The zero-order valence-corrected chi connectivity index (χ0v) is 9.35. The molecule has 10 heavy (non-hydrogen) atoms. The zero-order valence-electron chi connectivity index (χ0n) is 6.73. The Bertz CT molecular complexity index is 37.2. The Morgan fingerprint density at radius 2 is 1.00 bits per heavy atom. The van der Waals surface area contributed by atoms with Gasteiger partial charge in [0.2, 0.25) is 0 Å². The van der Waals surface area contributed by atoms with Crippen LogP contribution in [0.1, 0.15) is 20.8 Å². The molecule has 0 heterocycles. The molecule has 0 bridgehead atoms. The van der Waals surface area contributed by atoms with Gasteiger partial charge < -0.3 is 29.7 Å². The predicted molar refractivity (Wildman–Crippen MR) is 32.6 cm³/mol. The van der Waals surface area contributed by atoms with Crippen molar-refractivity contribution >= 4 is 0 Å². The molecule has 0 aliphatic rings. The van der Waals surface area contributed by atoms with Crippen molar-refractivity contribution in [3.8, 4) is 0 Å². The quantitative estimate of drug-likeness (QED) is 0.459. The van der Waals surface area contributed by atoms with Crippen molar-refractivity contribution in [3.63, 3.8) is 0 Å². The van der Waals surface area contributed by atoms with E-state index < -0.39 is 0 Å². The van der Waals surface area contributed by atoms with Crippen LogP contribution in [-0.2, 0) is 17.1 Å². The Balaban J connectivity index is -0.0000000600. The van der Waals surface area contributed by atoms with E-state index in [-0.39, 0.29) is 41.9 Å². The number of hydrogen-bond donors (Lipinski definition) is 1. The van der Waals surface area contributed by atoms with Crippen LogP contribution < -0.4 is 29.7 Å². The van der Waals surface area contributed by atoms with Crippen molar-refractivity contribution in [3.05, 3.63) is 0 Å². The molecule has 0 aliphatic carbocycles. The zero-order chi connectivity index (χ0) is 5.70. The van der Waals surface area contributed by atoms with Crippen molar-refractivity contribution in [2.45, 2.75) is 20.8 Å². The van der Waals surface area contributed by atoms with Gasteiger partial charge in [0.25, 0.3) is 0 Å². The maximum atomic E-state index is 2.22. The van der Waals surface area contributed by atoms with Gasteiger partial charge in [-0.3, -0.25) is 0 Å². The van der Waals surface area contributed by atoms with E-state index >= 15 is 0 Å². The summed E-state index contributed by atoms with van der Waals surface area (Å²) >= 11 is 0. The molecular weight excluding hydrogens is 213 g/mol. The predicted octanol–water partition coefficient (Wildman–Crippen LogP) is -6.06. The van der Waals surface area contributed by atoms with Gasteiger partial charge in [0, 0.05) is 17.1 Å². The van der Waals surface area contributed by atoms with E-state index in [1.54, 1.807) is 4.90 Å². The molecule has 0 atom stereocenters. The summed E-state index contributed by atoms with van der Waals surface area (Å²) < 4.78 is 0. The van der Waals surface area contributed by atoms with Gasteiger partial charge in [-0.2, -0.15) is 0 Å². The molecule has 0 saturated heterocycles. The summed E-state index contributed by atoms with van der Waals surface area (Å²) in [6.07, 6.45) is 0. The van der Waals surface area contributed by atoms with Gasteiger partial charge >= 0.3 is 0 Å². The van der Waals surface area contributed by atoms with Crippen LogP contribution >= 0.6 is 0 Å². The SMILES string of the molecule is CC[NH+](CC)CC.[Cl-].[Cl-].[Fe]. The molecule has 0 aromatic carbocycles. The van der Waals surface area contributed by atoms with Crippen molar-refractivity contribution in [1.29, 1.82) is 0 Å². The summed E-state index contributed by atoms with van der Waals surface area (Å²) in [5.74, 6) is 0. The van der Waals surface area contributed by atoms with Crippen molar-refractivity contribution in [2.24, 2.45) is 0 Å². The summed E-state index contributed by atoms with van der Waals surface area (Å²) in [5.41, 5.74) is 0. The largest absolute Gasteiger partial charge is 1.00 e. The molecule has 0 aromatic heterocycles. The monoisotopic (exact) mass is 228 g/mol. The van der Waals surface area contributed by atoms with Crippen molar-refractivity contribution < 1.29 is 46.8 Å². The molecule has 0 aromatic rings. The van der Waals surface area contributed by atoms with Crippen LogP contribution in [0, 0.1) is 0 Å². The van der Waals surface area contributed by atoms with Crippen LogP contribution in [0.4, 0.5) is 0 Å². The maximum absolute atomic E-state index is 2.22. The molecule has 0 spiro atoms. The Hall–Kier alpha value is 1.06. The third kappa shape index (κ3) is 11.8. The van der Waals surface area contributed by atoms with Crippen LogP contribution in [0.2, 0.25) is 0 Å². The molecule has 4 heteroatoms. The molecule has 68 valence electrons. The fraction of sp³-hybridized carbons (Fsp3) is 1.00. The third-order valence-corrected chi connectivity index (χ3v) is 1.50. The average molecular weight is 229 g/mol. The summed E-state index contributed by atoms with van der Waals surface area (Å²) in [6.45, 7) is 10.5. The fourth-order valence-electron chi connectivity index (χ4n) is 0.750. The number of nitrogens with one attached hydrogen (secondary N) is 1. The van der Waals surface area contributed by atoms with Crippen LogP contribution in [0.25, 0.3) is 0 Å². The molecule has 0 aliphatic heterocycles. The number of hydrogen-bond acceptors (Lipinski definition) is 0. The first-order chi connectivity index (χ1) is 3.35. The van der Waals surface area contributed by atoms with Gasteiger partial charge in [-0.1, -0.05) is 0 Å². The number of halogens is 2. The third-order valence-electron chi connectivity index (χ3n) is 1.50. The maximum Gasteiger partial charge on any atom is 0.0742 e. The Kier molecular flexibility index (Phi) is 37.2. The first-order valence-corrected chi connectivity index (χ1v) is 3.18. The minimum Gasteiger partial charge on any atom is -1.00 e. The average Bonchev–Trinajstić information content (AvgIpc) is 1.72. The summed E-state index contributed by atoms with van der Waals surface area (Å²) in [4.78, 5) is 1.68. The Morgan fingerprint density at radius 3 is 1.00 bits per heavy atom. The molecule has 0 radical (unpaired) electrons. The van der Waals surface area contributed by atoms with Crippen LogP contribution in [0.5, 0.6) is 0 Å². The minimum atomic E-state index is 0. The summed E-state index contributed by atoms with van der Waals surface area (Å²) in [5, 5.41) is 0. The second-order valence-corrected chi connectivity index (χ2v) is 1.81. The van der Waals surface area contributed by atoms with E-state index in [1.807, 2.05) is 0 Å². The fourth-order valence-corrected chi connectivity index (χ4v) is 0.750. The topological polar surface area (TPSA) is 4.44 Å². The molecule has 0 rings (SSSR count). The molecular formula is C6H16Cl2FeN-. The number of rotatable bonds is 3. The van der Waals surface area contributed by atoms with Gasteiger partial charge in [0.1, 0.15) is 0 Å². The standard InChI is InChI=1S/C6H15N.2ClH.Fe/c1-4-7(5-2)6-3;;;/h4-6H2,1-3H3;2*1H;/p-1. The van der Waals surface area contributed by atoms with Gasteiger partial charge in [-0.25, -0.2) is 0 Å². The van der Waals surface area contributed by atoms with Gasteiger partial charge in [-0.15, -0.1) is 0 Å². The normalized spacial score (nSPS) is 7.20. The van der Waals surface area contributed by atoms with Crippen molar-refractivity contribution in [2.75, 3.05) is 19.6 Å². The van der Waals surface area contributed by atoms with Crippen LogP contribution in [0.15, 0.2) is 0 Å². The number of quaternary nitrogens is 1. The Labute approximate surface area is 87.2 Å². The van der Waals surface area contributed by atoms with Gasteiger partial charge in [-0.05, 0) is 20.8 Å². The summed E-state index contributed by atoms with van der Waals surface area (Å²) in [6, 6.07) is 0. The van der Waals surface area contributed by atoms with E-state index in [4.69, 9.17) is 0 Å². The molecule has 1 N–H and O–H groups in total. The summed E-state index contributed by atoms with van der Waals surface area (Å²) in [7, 11) is 0. The second kappa shape index (κ2) is 16.6. The van der Waals surface area contributed by atoms with Crippen LogP contribution in [-0.4, -0.2) is 19.6 Å². The molecule has 0 saturated carbocycles. The van der Waals surface area contributed by atoms with E-state index in [0.29, 0.717) is 0 Å². The first-order valence-electron chi connectivity index (χ1n) is 3.18.